The number of nitrogens with zero attached hydrogens (tertiary/aromatic N) is 2. The van der Waals surface area contributed by atoms with E-state index in [4.69, 9.17) is 4.52 Å². The largest absolute Gasteiger partial charge is 0.360 e. The second-order valence-corrected chi connectivity index (χ2v) is 4.20. The van der Waals surface area contributed by atoms with Crippen LogP contribution < -0.4 is 0 Å². The van der Waals surface area contributed by atoms with E-state index in [0.29, 0.717) is 0 Å². The van der Waals surface area contributed by atoms with Crippen molar-refractivity contribution in [2.75, 3.05) is 0 Å². The summed E-state index contributed by atoms with van der Waals surface area (Å²) in [5.41, 5.74) is 3.68. The molecule has 0 bridgehead atoms. The van der Waals surface area contributed by atoms with Crippen LogP contribution in [0.4, 0.5) is 0 Å². The zero-order chi connectivity index (χ0) is 12.5. The molecule has 0 unspecified atom stereocenters. The number of rotatable bonds is 2. The number of hydrogen-bond donors (Lipinski definition) is 1. The lowest BCUT2D eigenvalue weighted by molar-refractivity contribution is 0.400. The summed E-state index contributed by atoms with van der Waals surface area (Å²) in [6, 6.07) is 9.98. The summed E-state index contributed by atoms with van der Waals surface area (Å²) < 4.78 is 5.31. The highest BCUT2D eigenvalue weighted by Gasteiger charge is 2.18. The van der Waals surface area contributed by atoms with E-state index in [1.165, 1.54) is 0 Å². The minimum absolute atomic E-state index is 0.778. The van der Waals surface area contributed by atoms with Crippen LogP contribution in [0.2, 0.25) is 0 Å². The molecule has 0 fully saturated rings. The molecule has 0 radical (unpaired) electrons. The van der Waals surface area contributed by atoms with Crippen LogP contribution in [0.15, 0.2) is 41.1 Å². The normalized spacial score (nSPS) is 10.8. The number of aromatic amines is 1. The summed E-state index contributed by atoms with van der Waals surface area (Å²) in [5, 5.41) is 4.14. The van der Waals surface area contributed by atoms with Gasteiger partial charge in [-0.25, -0.2) is 4.98 Å². The van der Waals surface area contributed by atoms with Crippen molar-refractivity contribution >= 4 is 0 Å². The summed E-state index contributed by atoms with van der Waals surface area (Å²) >= 11 is 0. The van der Waals surface area contributed by atoms with Crippen LogP contribution in [-0.2, 0) is 0 Å². The van der Waals surface area contributed by atoms with Crippen molar-refractivity contribution < 1.29 is 4.52 Å². The Hall–Kier alpha value is -2.36. The van der Waals surface area contributed by atoms with E-state index < -0.39 is 0 Å². The van der Waals surface area contributed by atoms with Gasteiger partial charge in [0.05, 0.1) is 11.3 Å². The molecule has 1 N–H and O–H groups in total. The number of aromatic nitrogens is 3. The lowest BCUT2D eigenvalue weighted by Gasteiger charge is -1.99. The first-order valence-electron chi connectivity index (χ1n) is 5.80. The SMILES string of the molecule is Cc1nc(-c2c(-c3ccccc3)noc2C)c[nH]1. The van der Waals surface area contributed by atoms with Gasteiger partial charge in [-0.3, -0.25) is 0 Å². The van der Waals surface area contributed by atoms with Gasteiger partial charge in [0.25, 0.3) is 0 Å². The molecule has 0 amide bonds. The predicted octanol–water partition coefficient (Wildman–Crippen LogP) is 3.35. The van der Waals surface area contributed by atoms with E-state index in [2.05, 4.69) is 15.1 Å². The van der Waals surface area contributed by atoms with E-state index in [-0.39, 0.29) is 0 Å². The summed E-state index contributed by atoms with van der Waals surface area (Å²) in [6.45, 7) is 3.83. The topological polar surface area (TPSA) is 54.7 Å². The number of benzene rings is 1. The van der Waals surface area contributed by atoms with E-state index >= 15 is 0 Å². The van der Waals surface area contributed by atoms with Crippen LogP contribution in [0.5, 0.6) is 0 Å². The summed E-state index contributed by atoms with van der Waals surface area (Å²) in [6.07, 6.45) is 1.88. The highest BCUT2D eigenvalue weighted by molar-refractivity contribution is 5.79. The maximum atomic E-state index is 5.31. The lowest BCUT2D eigenvalue weighted by atomic mass is 10.0. The molecule has 3 aromatic rings. The van der Waals surface area contributed by atoms with Crippen LogP contribution in [-0.4, -0.2) is 15.1 Å². The molecule has 2 aromatic heterocycles. The standard InChI is InChI=1S/C14H13N3O/c1-9-13(12-8-15-10(2)16-12)14(17-18-9)11-6-4-3-5-7-11/h3-8H,1-2H3,(H,15,16). The quantitative estimate of drug-likeness (QED) is 0.746. The van der Waals surface area contributed by atoms with Crippen LogP contribution in [0.25, 0.3) is 22.5 Å². The van der Waals surface area contributed by atoms with Gasteiger partial charge in [0.15, 0.2) is 0 Å². The van der Waals surface area contributed by atoms with Crippen LogP contribution in [0.1, 0.15) is 11.6 Å². The Morgan fingerprint density at radius 1 is 1.11 bits per heavy atom. The lowest BCUT2D eigenvalue weighted by Crippen LogP contribution is -1.84. The molecule has 3 rings (SSSR count). The molecule has 0 saturated heterocycles. The van der Waals surface area contributed by atoms with Crippen molar-refractivity contribution in [3.05, 3.63) is 48.1 Å². The Balaban J connectivity index is 2.18. The second kappa shape index (κ2) is 4.14. The smallest absolute Gasteiger partial charge is 0.143 e. The van der Waals surface area contributed by atoms with Gasteiger partial charge in [0.2, 0.25) is 0 Å². The first-order chi connectivity index (χ1) is 8.75. The van der Waals surface area contributed by atoms with Crippen LogP contribution in [0, 0.1) is 13.8 Å². The Morgan fingerprint density at radius 2 is 1.89 bits per heavy atom. The van der Waals surface area contributed by atoms with Gasteiger partial charge in [-0.2, -0.15) is 0 Å². The molecule has 1 aromatic carbocycles. The monoisotopic (exact) mass is 239 g/mol. The van der Waals surface area contributed by atoms with Crippen molar-refractivity contribution in [2.45, 2.75) is 13.8 Å². The molecule has 0 aliphatic heterocycles. The third kappa shape index (κ3) is 1.72. The Kier molecular flexibility index (Phi) is 2.48. The van der Waals surface area contributed by atoms with E-state index in [1.54, 1.807) is 0 Å². The first kappa shape index (κ1) is 10.8. The Bertz CT molecular complexity index is 667. The van der Waals surface area contributed by atoms with Gasteiger partial charge in [-0.1, -0.05) is 35.5 Å². The van der Waals surface area contributed by atoms with E-state index in [0.717, 1.165) is 34.1 Å². The van der Waals surface area contributed by atoms with Gasteiger partial charge in [-0.05, 0) is 13.8 Å². The Labute approximate surface area is 105 Å². The predicted molar refractivity (Wildman–Crippen MR) is 69.0 cm³/mol. The molecule has 0 aliphatic rings. The zero-order valence-corrected chi connectivity index (χ0v) is 10.3. The number of nitrogens with one attached hydrogen (secondary N) is 1. The van der Waals surface area contributed by atoms with E-state index in [1.807, 2.05) is 50.4 Å². The van der Waals surface area contributed by atoms with Crippen LogP contribution >= 0.6 is 0 Å². The molecule has 4 nitrogen and oxygen atoms in total. The number of aryl methyl sites for hydroxylation is 2. The summed E-state index contributed by atoms with van der Waals surface area (Å²) in [4.78, 5) is 7.53. The summed E-state index contributed by atoms with van der Waals surface area (Å²) in [7, 11) is 0. The molecule has 0 aliphatic carbocycles. The third-order valence-corrected chi connectivity index (χ3v) is 2.87. The number of H-pyrrole nitrogens is 1. The summed E-state index contributed by atoms with van der Waals surface area (Å²) in [5.74, 6) is 1.66. The van der Waals surface area contributed by atoms with Crippen molar-refractivity contribution in [2.24, 2.45) is 0 Å². The fraction of sp³-hybridized carbons (Fsp3) is 0.143. The fourth-order valence-electron chi connectivity index (χ4n) is 2.01. The molecule has 90 valence electrons. The maximum Gasteiger partial charge on any atom is 0.143 e. The highest BCUT2D eigenvalue weighted by Crippen LogP contribution is 2.32. The van der Waals surface area contributed by atoms with Gasteiger partial charge in [-0.15, -0.1) is 0 Å². The van der Waals surface area contributed by atoms with Crippen molar-refractivity contribution in [1.29, 1.82) is 0 Å². The van der Waals surface area contributed by atoms with Crippen molar-refractivity contribution in [3.63, 3.8) is 0 Å². The minimum atomic E-state index is 0.778. The van der Waals surface area contributed by atoms with Gasteiger partial charge in [0.1, 0.15) is 17.3 Å². The number of hydrogen-bond acceptors (Lipinski definition) is 3. The van der Waals surface area contributed by atoms with Crippen LogP contribution in [0.3, 0.4) is 0 Å². The first-order valence-corrected chi connectivity index (χ1v) is 5.80. The average Bonchev–Trinajstić information content (AvgIpc) is 2.96. The number of imidazole rings is 1. The minimum Gasteiger partial charge on any atom is -0.360 e. The Morgan fingerprint density at radius 3 is 2.56 bits per heavy atom. The van der Waals surface area contributed by atoms with Gasteiger partial charge in [0, 0.05) is 11.8 Å². The highest BCUT2D eigenvalue weighted by atomic mass is 16.5. The van der Waals surface area contributed by atoms with Gasteiger partial charge >= 0.3 is 0 Å². The molecule has 2 heterocycles. The molecular weight excluding hydrogens is 226 g/mol. The molecule has 18 heavy (non-hydrogen) atoms. The fourth-order valence-corrected chi connectivity index (χ4v) is 2.01. The molecule has 0 saturated carbocycles. The average molecular weight is 239 g/mol. The van der Waals surface area contributed by atoms with Gasteiger partial charge < -0.3 is 9.51 Å². The van der Waals surface area contributed by atoms with E-state index in [9.17, 15) is 0 Å². The van der Waals surface area contributed by atoms with Crippen molar-refractivity contribution in [3.8, 4) is 22.5 Å². The molecular formula is C14H13N3O. The maximum absolute atomic E-state index is 5.31. The molecule has 4 heteroatoms. The zero-order valence-electron chi connectivity index (χ0n) is 10.3. The molecule has 0 spiro atoms. The van der Waals surface area contributed by atoms with Crippen molar-refractivity contribution in [1.82, 2.24) is 15.1 Å². The molecule has 0 atom stereocenters. The second-order valence-electron chi connectivity index (χ2n) is 4.20. The third-order valence-electron chi connectivity index (χ3n) is 2.87.